The van der Waals surface area contributed by atoms with E-state index in [1.54, 1.807) is 29.6 Å². The van der Waals surface area contributed by atoms with Crippen molar-refractivity contribution >= 4 is 23.6 Å². The van der Waals surface area contributed by atoms with Gasteiger partial charge in [-0.25, -0.2) is 14.8 Å². The van der Waals surface area contributed by atoms with E-state index in [9.17, 15) is 4.79 Å². The van der Waals surface area contributed by atoms with Crippen LogP contribution in [0.15, 0.2) is 35.1 Å². The van der Waals surface area contributed by atoms with Gasteiger partial charge in [0.25, 0.3) is 6.01 Å². The van der Waals surface area contributed by atoms with E-state index in [1.807, 2.05) is 24.6 Å². The Morgan fingerprint density at radius 2 is 2.17 bits per heavy atom. The lowest BCUT2D eigenvalue weighted by molar-refractivity contribution is 0.136. The summed E-state index contributed by atoms with van der Waals surface area (Å²) >= 11 is 0. The Morgan fingerprint density at radius 1 is 1.28 bits per heavy atom. The van der Waals surface area contributed by atoms with E-state index in [-0.39, 0.29) is 6.03 Å². The number of pyridine rings is 1. The number of rotatable bonds is 8. The summed E-state index contributed by atoms with van der Waals surface area (Å²) in [5.74, 6) is 1.19. The number of ether oxygens (including phenoxy) is 1. The monoisotopic (exact) mass is 397 g/mol. The first-order chi connectivity index (χ1) is 14.2. The molecule has 0 atom stereocenters. The molecule has 1 saturated heterocycles. The number of oxazole rings is 1. The van der Waals surface area contributed by atoms with Gasteiger partial charge in [-0.15, -0.1) is 0 Å². The van der Waals surface area contributed by atoms with Crippen molar-refractivity contribution in [2.45, 2.75) is 20.4 Å². The highest BCUT2D eigenvalue weighted by atomic mass is 16.5. The van der Waals surface area contributed by atoms with E-state index in [0.29, 0.717) is 50.4 Å². The van der Waals surface area contributed by atoms with Crippen molar-refractivity contribution in [2.24, 2.45) is 0 Å². The predicted molar refractivity (Wildman–Crippen MR) is 107 cm³/mol. The van der Waals surface area contributed by atoms with Gasteiger partial charge in [0.05, 0.1) is 36.9 Å². The molecule has 1 aliphatic rings. The van der Waals surface area contributed by atoms with Crippen LogP contribution in [0.5, 0.6) is 0 Å². The molecule has 152 valence electrons. The van der Waals surface area contributed by atoms with Crippen molar-refractivity contribution in [3.8, 4) is 11.3 Å². The summed E-state index contributed by atoms with van der Waals surface area (Å²) in [7, 11) is 0. The number of anilines is 3. The van der Waals surface area contributed by atoms with Crippen LogP contribution in [0.3, 0.4) is 0 Å². The molecule has 2 amide bonds. The summed E-state index contributed by atoms with van der Waals surface area (Å²) in [5, 5.41) is 10.3. The minimum atomic E-state index is -0.131. The molecule has 0 unspecified atom stereocenters. The van der Waals surface area contributed by atoms with Gasteiger partial charge in [0, 0.05) is 31.5 Å². The average Bonchev–Trinajstić information content (AvgIpc) is 3.45. The van der Waals surface area contributed by atoms with Gasteiger partial charge in [-0.3, -0.25) is 9.58 Å². The number of carbonyl (C=O) groups excluding carboxylic acids is 1. The molecule has 0 saturated carbocycles. The zero-order chi connectivity index (χ0) is 20.2. The van der Waals surface area contributed by atoms with Gasteiger partial charge in [0.15, 0.2) is 5.76 Å². The third-order valence-electron chi connectivity index (χ3n) is 4.67. The Balaban J connectivity index is 1.43. The summed E-state index contributed by atoms with van der Waals surface area (Å²) in [5.41, 5.74) is 2.57. The fourth-order valence-corrected chi connectivity index (χ4v) is 3.05. The maximum Gasteiger partial charge on any atom is 0.323 e. The summed E-state index contributed by atoms with van der Waals surface area (Å²) in [6.07, 6.45) is 5.04. The third kappa shape index (κ3) is 4.06. The molecule has 10 heteroatoms. The fraction of sp³-hybridized carbons (Fsp3) is 0.368. The highest BCUT2D eigenvalue weighted by Gasteiger charge is 2.22. The number of carbonyl (C=O) groups is 1. The Morgan fingerprint density at radius 3 is 2.90 bits per heavy atom. The average molecular weight is 397 g/mol. The van der Waals surface area contributed by atoms with Crippen LogP contribution in [-0.2, 0) is 11.3 Å². The van der Waals surface area contributed by atoms with Gasteiger partial charge in [-0.05, 0) is 26.0 Å². The van der Waals surface area contributed by atoms with E-state index in [1.165, 1.54) is 0 Å². The number of amides is 2. The highest BCUT2D eigenvalue weighted by Crippen LogP contribution is 2.26. The van der Waals surface area contributed by atoms with Crippen molar-refractivity contribution in [3.05, 3.63) is 36.4 Å². The molecule has 0 aromatic carbocycles. The molecule has 3 aromatic heterocycles. The van der Waals surface area contributed by atoms with Gasteiger partial charge < -0.3 is 19.8 Å². The van der Waals surface area contributed by atoms with Gasteiger partial charge >= 0.3 is 6.03 Å². The first-order valence-electron chi connectivity index (χ1n) is 9.50. The Labute approximate surface area is 167 Å². The summed E-state index contributed by atoms with van der Waals surface area (Å²) in [6, 6.07) is 3.89. The van der Waals surface area contributed by atoms with E-state index in [4.69, 9.17) is 9.15 Å². The number of hydrogen-bond donors (Lipinski definition) is 2. The van der Waals surface area contributed by atoms with Gasteiger partial charge in [-0.1, -0.05) is 0 Å². The predicted octanol–water partition coefficient (Wildman–Crippen LogP) is 2.55. The SMILES string of the molecule is CCOCCn1ncc(Nc2ncc(-c3ccc(N4CCNC4=O)nc3)o2)c1C. The lowest BCUT2D eigenvalue weighted by Gasteiger charge is -2.12. The van der Waals surface area contributed by atoms with Gasteiger partial charge in [-0.2, -0.15) is 5.10 Å². The second kappa shape index (κ2) is 8.31. The molecule has 3 aromatic rings. The fourth-order valence-electron chi connectivity index (χ4n) is 3.05. The normalized spacial score (nSPS) is 13.7. The maximum absolute atomic E-state index is 11.7. The first kappa shape index (κ1) is 18.9. The molecule has 29 heavy (non-hydrogen) atoms. The Kier molecular flexibility index (Phi) is 5.43. The molecule has 4 heterocycles. The standard InChI is InChI=1S/C19H23N7O3/c1-3-28-9-8-26-13(2)15(11-23-26)24-18-22-12-16(29-18)14-4-5-17(21-10-14)25-7-6-20-19(25)27/h4-5,10-12H,3,6-9H2,1-2H3,(H,20,27)(H,22,24). The van der Waals surface area contributed by atoms with E-state index in [2.05, 4.69) is 25.7 Å². The zero-order valence-electron chi connectivity index (χ0n) is 16.4. The first-order valence-corrected chi connectivity index (χ1v) is 9.50. The lowest BCUT2D eigenvalue weighted by Crippen LogP contribution is -2.28. The van der Waals surface area contributed by atoms with Crippen LogP contribution in [0.1, 0.15) is 12.6 Å². The number of urea groups is 1. The third-order valence-corrected chi connectivity index (χ3v) is 4.67. The van der Waals surface area contributed by atoms with Crippen molar-refractivity contribution < 1.29 is 13.9 Å². The molecule has 1 fully saturated rings. The molecule has 0 spiro atoms. The number of hydrogen-bond acceptors (Lipinski definition) is 7. The van der Waals surface area contributed by atoms with Gasteiger partial charge in [0.2, 0.25) is 0 Å². The van der Waals surface area contributed by atoms with E-state index >= 15 is 0 Å². The maximum atomic E-state index is 11.7. The van der Waals surface area contributed by atoms with Crippen molar-refractivity contribution in [1.82, 2.24) is 25.1 Å². The zero-order valence-corrected chi connectivity index (χ0v) is 16.4. The molecular formula is C19H23N7O3. The van der Waals surface area contributed by atoms with Crippen LogP contribution in [0.4, 0.5) is 22.3 Å². The van der Waals surface area contributed by atoms with Crippen LogP contribution in [0.2, 0.25) is 0 Å². The minimum absolute atomic E-state index is 0.131. The van der Waals surface area contributed by atoms with Crippen LogP contribution in [0.25, 0.3) is 11.3 Å². The quantitative estimate of drug-likeness (QED) is 0.562. The molecule has 4 rings (SSSR count). The minimum Gasteiger partial charge on any atom is -0.423 e. The molecular weight excluding hydrogens is 374 g/mol. The second-order valence-electron chi connectivity index (χ2n) is 6.51. The molecule has 10 nitrogen and oxygen atoms in total. The highest BCUT2D eigenvalue weighted by molar-refractivity contribution is 5.93. The summed E-state index contributed by atoms with van der Waals surface area (Å²) < 4.78 is 13.1. The van der Waals surface area contributed by atoms with Crippen molar-refractivity contribution in [2.75, 3.05) is 36.5 Å². The molecule has 0 bridgehead atoms. The Bertz CT molecular complexity index is 980. The smallest absolute Gasteiger partial charge is 0.323 e. The number of nitrogens with one attached hydrogen (secondary N) is 2. The molecule has 0 radical (unpaired) electrons. The second-order valence-corrected chi connectivity index (χ2v) is 6.51. The number of nitrogens with zero attached hydrogens (tertiary/aromatic N) is 5. The van der Waals surface area contributed by atoms with Crippen molar-refractivity contribution in [1.29, 1.82) is 0 Å². The van der Waals surface area contributed by atoms with Gasteiger partial charge in [0.1, 0.15) is 5.82 Å². The van der Waals surface area contributed by atoms with E-state index < -0.39 is 0 Å². The van der Waals surface area contributed by atoms with Crippen LogP contribution in [-0.4, -0.2) is 52.1 Å². The van der Waals surface area contributed by atoms with Crippen molar-refractivity contribution in [3.63, 3.8) is 0 Å². The van der Waals surface area contributed by atoms with E-state index in [0.717, 1.165) is 16.9 Å². The Hall–Kier alpha value is -3.40. The summed E-state index contributed by atoms with van der Waals surface area (Å²) in [6.45, 7) is 7.16. The topological polar surface area (TPSA) is 110 Å². The largest absolute Gasteiger partial charge is 0.423 e. The molecule has 2 N–H and O–H groups in total. The lowest BCUT2D eigenvalue weighted by atomic mass is 10.2. The number of aromatic nitrogens is 4. The van der Waals surface area contributed by atoms with Crippen LogP contribution < -0.4 is 15.5 Å². The van der Waals surface area contributed by atoms with Crippen LogP contribution >= 0.6 is 0 Å². The van der Waals surface area contributed by atoms with Crippen LogP contribution in [0, 0.1) is 6.92 Å². The summed E-state index contributed by atoms with van der Waals surface area (Å²) in [4.78, 5) is 22.0. The molecule has 0 aliphatic carbocycles. The molecule has 1 aliphatic heterocycles.